The number of hydrogen-bond acceptors (Lipinski definition) is 4. The lowest BCUT2D eigenvalue weighted by Crippen LogP contribution is -2.30. The van der Waals surface area contributed by atoms with Gasteiger partial charge in [0.25, 0.3) is 5.91 Å². The van der Waals surface area contributed by atoms with Crippen LogP contribution in [0, 0.1) is 5.82 Å². The Hall–Kier alpha value is -1.66. The van der Waals surface area contributed by atoms with Crippen molar-refractivity contribution < 1.29 is 13.9 Å². The molecule has 1 saturated heterocycles. The van der Waals surface area contributed by atoms with Gasteiger partial charge in [0, 0.05) is 18.1 Å². The van der Waals surface area contributed by atoms with Crippen molar-refractivity contribution in [3.05, 3.63) is 65.5 Å². The summed E-state index contributed by atoms with van der Waals surface area (Å²) in [5.41, 5.74) is 1.89. The number of hydrogen-bond donors (Lipinski definition) is 1. The molecule has 2 aromatic carbocycles. The van der Waals surface area contributed by atoms with Crippen LogP contribution in [0.15, 0.2) is 48.5 Å². The second kappa shape index (κ2) is 9.15. The molecule has 25 heavy (non-hydrogen) atoms. The monoisotopic (exact) mass is 377 g/mol. The first kappa shape index (κ1) is 18.1. The van der Waals surface area contributed by atoms with E-state index < -0.39 is 0 Å². The summed E-state index contributed by atoms with van der Waals surface area (Å²) in [5, 5.41) is 2.75. The summed E-state index contributed by atoms with van der Waals surface area (Å²) < 4.78 is 19.5. The van der Waals surface area contributed by atoms with E-state index in [-0.39, 0.29) is 18.3 Å². The topological polar surface area (TPSA) is 38.3 Å². The Morgan fingerprint density at radius 1 is 1.12 bits per heavy atom. The van der Waals surface area contributed by atoms with Gasteiger partial charge in [0.1, 0.15) is 11.6 Å². The summed E-state index contributed by atoms with van der Waals surface area (Å²) in [6.07, 6.45) is 0.462. The number of carbonyl (C=O) groups is 1. The lowest BCUT2D eigenvalue weighted by molar-refractivity contribution is -0.123. The molecule has 1 aliphatic rings. The maximum absolute atomic E-state index is 13.5. The fourth-order valence-corrected chi connectivity index (χ4v) is 5.37. The van der Waals surface area contributed by atoms with Crippen LogP contribution < -0.4 is 10.1 Å². The molecule has 0 spiro atoms. The van der Waals surface area contributed by atoms with Crippen LogP contribution in [0.5, 0.6) is 5.75 Å². The van der Waals surface area contributed by atoms with Gasteiger partial charge >= 0.3 is 0 Å². The fraction of sp³-hybridized carbons (Fsp3) is 0.316. The summed E-state index contributed by atoms with van der Waals surface area (Å²) in [4.78, 5) is 11.8. The second-order valence-corrected chi connectivity index (χ2v) is 8.35. The van der Waals surface area contributed by atoms with Crippen molar-refractivity contribution in [1.29, 1.82) is 0 Å². The molecule has 0 saturated carbocycles. The number of thioether (sulfide) groups is 2. The van der Waals surface area contributed by atoms with Crippen LogP contribution in [-0.2, 0) is 11.2 Å². The van der Waals surface area contributed by atoms with Crippen LogP contribution in [-0.4, -0.2) is 30.6 Å². The van der Waals surface area contributed by atoms with Crippen molar-refractivity contribution in [3.63, 3.8) is 0 Å². The Bertz CT molecular complexity index is 703. The van der Waals surface area contributed by atoms with Crippen LogP contribution >= 0.6 is 23.5 Å². The Morgan fingerprint density at radius 2 is 1.84 bits per heavy atom. The molecule has 132 valence electrons. The first-order valence-electron chi connectivity index (χ1n) is 8.18. The number of rotatable bonds is 7. The number of halogens is 1. The number of nitrogens with one attached hydrogen (secondary N) is 1. The second-order valence-electron chi connectivity index (χ2n) is 5.62. The zero-order chi connectivity index (χ0) is 17.5. The van der Waals surface area contributed by atoms with Crippen molar-refractivity contribution in [2.75, 3.05) is 24.7 Å². The van der Waals surface area contributed by atoms with Crippen LogP contribution in [0.25, 0.3) is 0 Å². The SMILES string of the molecule is O=C(COc1ccc(C2SCCS2)cc1)NCCc1ccccc1F. The maximum Gasteiger partial charge on any atom is 0.257 e. The molecular weight excluding hydrogens is 357 g/mol. The average Bonchev–Trinajstić information content (AvgIpc) is 3.17. The molecule has 1 amide bonds. The number of benzene rings is 2. The summed E-state index contributed by atoms with van der Waals surface area (Å²) >= 11 is 3.92. The van der Waals surface area contributed by atoms with E-state index in [1.54, 1.807) is 18.2 Å². The summed E-state index contributed by atoms with van der Waals surface area (Å²) in [5.74, 6) is 2.62. The highest BCUT2D eigenvalue weighted by atomic mass is 32.2. The van der Waals surface area contributed by atoms with Gasteiger partial charge in [0.05, 0.1) is 4.58 Å². The first-order valence-corrected chi connectivity index (χ1v) is 10.3. The highest BCUT2D eigenvalue weighted by Gasteiger charge is 2.17. The Morgan fingerprint density at radius 3 is 2.56 bits per heavy atom. The number of carbonyl (C=O) groups excluding carboxylic acids is 1. The van der Waals surface area contributed by atoms with Crippen LogP contribution in [0.3, 0.4) is 0 Å². The summed E-state index contributed by atoms with van der Waals surface area (Å²) in [6, 6.07) is 14.5. The Labute approximate surface area is 155 Å². The largest absolute Gasteiger partial charge is 0.484 e. The van der Waals surface area contributed by atoms with E-state index in [2.05, 4.69) is 17.4 Å². The van der Waals surface area contributed by atoms with E-state index in [0.29, 0.717) is 28.9 Å². The van der Waals surface area contributed by atoms with Gasteiger partial charge in [-0.15, -0.1) is 23.5 Å². The number of amides is 1. The highest BCUT2D eigenvalue weighted by Crippen LogP contribution is 2.45. The third-order valence-corrected chi connectivity index (χ3v) is 6.92. The van der Waals surface area contributed by atoms with Gasteiger partial charge < -0.3 is 10.1 Å². The Kier molecular flexibility index (Phi) is 6.64. The molecule has 0 atom stereocenters. The van der Waals surface area contributed by atoms with Gasteiger partial charge in [-0.1, -0.05) is 30.3 Å². The Balaban J connectivity index is 1.39. The van der Waals surface area contributed by atoms with Gasteiger partial charge in [-0.05, 0) is 35.7 Å². The molecule has 1 aliphatic heterocycles. The molecule has 0 aromatic heterocycles. The van der Waals surface area contributed by atoms with E-state index in [4.69, 9.17) is 4.74 Å². The molecule has 0 aliphatic carbocycles. The first-order chi connectivity index (χ1) is 12.2. The minimum absolute atomic E-state index is 0.0381. The van der Waals surface area contributed by atoms with Gasteiger partial charge in [0.15, 0.2) is 6.61 Å². The highest BCUT2D eigenvalue weighted by molar-refractivity contribution is 8.19. The van der Waals surface area contributed by atoms with Crippen LogP contribution in [0.2, 0.25) is 0 Å². The number of ether oxygens (including phenoxy) is 1. The minimum atomic E-state index is -0.244. The van der Waals surface area contributed by atoms with E-state index in [0.717, 1.165) is 0 Å². The molecule has 0 radical (unpaired) electrons. The molecule has 0 bridgehead atoms. The quantitative estimate of drug-likeness (QED) is 0.790. The van der Waals surface area contributed by atoms with Crippen LogP contribution in [0.1, 0.15) is 15.7 Å². The van der Waals surface area contributed by atoms with E-state index in [9.17, 15) is 9.18 Å². The normalized spacial score (nSPS) is 14.4. The van der Waals surface area contributed by atoms with E-state index >= 15 is 0 Å². The lowest BCUT2D eigenvalue weighted by atomic mass is 10.1. The minimum Gasteiger partial charge on any atom is -0.484 e. The fourth-order valence-electron chi connectivity index (χ4n) is 2.51. The standard InChI is InChI=1S/C19H20FNO2S2/c20-17-4-2-1-3-14(17)9-10-21-18(22)13-23-16-7-5-15(6-8-16)19-24-11-12-25-19/h1-8,19H,9-13H2,(H,21,22). The van der Waals surface area contributed by atoms with Crippen molar-refractivity contribution in [2.24, 2.45) is 0 Å². The van der Waals surface area contributed by atoms with Crippen molar-refractivity contribution in [3.8, 4) is 5.75 Å². The van der Waals surface area contributed by atoms with Gasteiger partial charge in [-0.2, -0.15) is 0 Å². The molecule has 3 nitrogen and oxygen atoms in total. The third kappa shape index (κ3) is 5.41. The zero-order valence-corrected chi connectivity index (χ0v) is 15.4. The van der Waals surface area contributed by atoms with Crippen LogP contribution in [0.4, 0.5) is 4.39 Å². The average molecular weight is 378 g/mol. The molecule has 1 N–H and O–H groups in total. The van der Waals surface area contributed by atoms with E-state index in [1.165, 1.54) is 23.1 Å². The maximum atomic E-state index is 13.5. The molecular formula is C19H20FNO2S2. The summed E-state index contributed by atoms with van der Waals surface area (Å²) in [7, 11) is 0. The molecule has 1 fully saturated rings. The van der Waals surface area contributed by atoms with Crippen molar-refractivity contribution in [1.82, 2.24) is 5.32 Å². The van der Waals surface area contributed by atoms with Gasteiger partial charge in [-0.25, -0.2) is 4.39 Å². The molecule has 0 unspecified atom stereocenters. The summed E-state index contributed by atoms with van der Waals surface area (Å²) in [6.45, 7) is 0.349. The molecule has 3 rings (SSSR count). The third-order valence-electron chi connectivity index (χ3n) is 3.82. The molecule has 6 heteroatoms. The smallest absolute Gasteiger partial charge is 0.257 e. The van der Waals surface area contributed by atoms with Gasteiger partial charge in [-0.3, -0.25) is 4.79 Å². The molecule has 1 heterocycles. The van der Waals surface area contributed by atoms with E-state index in [1.807, 2.05) is 35.7 Å². The predicted molar refractivity (Wildman–Crippen MR) is 103 cm³/mol. The zero-order valence-electron chi connectivity index (χ0n) is 13.7. The lowest BCUT2D eigenvalue weighted by Gasteiger charge is -2.10. The van der Waals surface area contributed by atoms with Crippen molar-refractivity contribution >= 4 is 29.4 Å². The predicted octanol–water partition coefficient (Wildman–Crippen LogP) is 4.04. The molecule has 2 aromatic rings. The van der Waals surface area contributed by atoms with Crippen molar-refractivity contribution in [2.45, 2.75) is 11.0 Å². The van der Waals surface area contributed by atoms with Gasteiger partial charge in [0.2, 0.25) is 0 Å².